The van der Waals surface area contributed by atoms with Gasteiger partial charge in [0, 0.05) is 6.54 Å². The van der Waals surface area contributed by atoms with E-state index in [-0.39, 0.29) is 11.2 Å². The van der Waals surface area contributed by atoms with Crippen LogP contribution in [0.5, 0.6) is 0 Å². The van der Waals surface area contributed by atoms with Crippen molar-refractivity contribution in [3.8, 4) is 0 Å². The lowest BCUT2D eigenvalue weighted by molar-refractivity contribution is 0.229. The third kappa shape index (κ3) is 5.78. The van der Waals surface area contributed by atoms with Gasteiger partial charge in [-0.25, -0.2) is 4.39 Å². The Bertz CT molecular complexity index is 416. The number of halogens is 1. The average molecular weight is 293 g/mol. The summed E-state index contributed by atoms with van der Waals surface area (Å²) in [6, 6.07) is 5.20. The topological polar surface area (TPSA) is 12.0 Å². The number of nitrogens with one attached hydrogen (secondary N) is 1. The normalized spacial score (nSPS) is 14.1. The third-order valence-electron chi connectivity index (χ3n) is 4.61. The van der Waals surface area contributed by atoms with Gasteiger partial charge in [-0.2, -0.15) is 0 Å². The zero-order valence-electron chi connectivity index (χ0n) is 14.3. The van der Waals surface area contributed by atoms with Gasteiger partial charge in [0.15, 0.2) is 0 Å². The van der Waals surface area contributed by atoms with Crippen molar-refractivity contribution in [2.45, 2.75) is 66.2 Å². The molecule has 1 unspecified atom stereocenters. The smallest absolute Gasteiger partial charge is 0.123 e. The molecule has 2 heteroatoms. The van der Waals surface area contributed by atoms with Crippen molar-refractivity contribution in [3.63, 3.8) is 0 Å². The Hall–Kier alpha value is -0.890. The van der Waals surface area contributed by atoms with E-state index in [2.05, 4.69) is 33.0 Å². The average Bonchev–Trinajstić information content (AvgIpc) is 2.48. The zero-order chi connectivity index (χ0) is 15.7. The van der Waals surface area contributed by atoms with E-state index in [1.807, 2.05) is 6.07 Å². The number of benzene rings is 1. The minimum Gasteiger partial charge on any atom is -0.316 e. The molecule has 1 N–H and O–H groups in total. The second-order valence-corrected chi connectivity index (χ2v) is 6.38. The van der Waals surface area contributed by atoms with Gasteiger partial charge < -0.3 is 5.32 Å². The van der Waals surface area contributed by atoms with Crippen molar-refractivity contribution < 1.29 is 4.39 Å². The summed E-state index contributed by atoms with van der Waals surface area (Å²) in [5, 5.41) is 3.60. The fourth-order valence-electron chi connectivity index (χ4n) is 2.98. The predicted octanol–water partition coefficient (Wildman–Crippen LogP) is 5.26. The molecule has 1 aromatic rings. The second kappa shape index (κ2) is 9.19. The fraction of sp³-hybridized carbons (Fsp3) is 0.684. The maximum Gasteiger partial charge on any atom is 0.123 e. The van der Waals surface area contributed by atoms with Crippen LogP contribution >= 0.6 is 0 Å². The molecule has 0 bridgehead atoms. The summed E-state index contributed by atoms with van der Waals surface area (Å²) in [7, 11) is 0. The molecule has 0 fully saturated rings. The second-order valence-electron chi connectivity index (χ2n) is 6.38. The number of unbranched alkanes of at least 4 members (excludes halogenated alkanes) is 1. The molecule has 0 saturated carbocycles. The Morgan fingerprint density at radius 3 is 2.52 bits per heavy atom. The molecule has 0 spiro atoms. The van der Waals surface area contributed by atoms with Crippen molar-refractivity contribution in [2.75, 3.05) is 13.1 Å². The summed E-state index contributed by atoms with van der Waals surface area (Å²) in [6.07, 6.45) is 6.95. The molecule has 0 aromatic heterocycles. The molecule has 0 aliphatic rings. The summed E-state index contributed by atoms with van der Waals surface area (Å²) in [5.41, 5.74) is 2.64. The highest BCUT2D eigenvalue weighted by Gasteiger charge is 2.28. The SMILES string of the molecule is CCCCC(CC)(CNCCC)Cc1cc(F)ccc1C. The van der Waals surface area contributed by atoms with E-state index in [1.54, 1.807) is 12.1 Å². The molecule has 1 atom stereocenters. The molecular formula is C19H32FN. The quantitative estimate of drug-likeness (QED) is 0.580. The van der Waals surface area contributed by atoms with Crippen molar-refractivity contribution in [1.29, 1.82) is 0 Å². The molecule has 1 rings (SSSR count). The Labute approximate surface area is 130 Å². The lowest BCUT2D eigenvalue weighted by Crippen LogP contribution is -2.36. The maximum atomic E-state index is 13.6. The summed E-state index contributed by atoms with van der Waals surface area (Å²) in [6.45, 7) is 10.9. The van der Waals surface area contributed by atoms with Crippen LogP contribution in [0, 0.1) is 18.2 Å². The van der Waals surface area contributed by atoms with Gasteiger partial charge in [-0.3, -0.25) is 0 Å². The van der Waals surface area contributed by atoms with E-state index in [9.17, 15) is 4.39 Å². The number of aryl methyl sites for hydroxylation is 1. The van der Waals surface area contributed by atoms with E-state index < -0.39 is 0 Å². The maximum absolute atomic E-state index is 13.6. The van der Waals surface area contributed by atoms with Gasteiger partial charge in [-0.1, -0.05) is 39.7 Å². The fourth-order valence-corrected chi connectivity index (χ4v) is 2.98. The molecule has 0 amide bonds. The number of hydrogen-bond acceptors (Lipinski definition) is 1. The molecule has 21 heavy (non-hydrogen) atoms. The van der Waals surface area contributed by atoms with Crippen LogP contribution in [0.2, 0.25) is 0 Å². The molecular weight excluding hydrogens is 261 g/mol. The Kier molecular flexibility index (Phi) is 7.95. The van der Waals surface area contributed by atoms with Gasteiger partial charge in [0.05, 0.1) is 0 Å². The minimum atomic E-state index is -0.113. The molecule has 1 nitrogen and oxygen atoms in total. The van der Waals surface area contributed by atoms with Crippen molar-refractivity contribution in [3.05, 3.63) is 35.1 Å². The van der Waals surface area contributed by atoms with Crippen LogP contribution in [0.25, 0.3) is 0 Å². The summed E-state index contributed by atoms with van der Waals surface area (Å²) in [4.78, 5) is 0. The first-order valence-electron chi connectivity index (χ1n) is 8.52. The Morgan fingerprint density at radius 2 is 1.90 bits per heavy atom. The number of hydrogen-bond donors (Lipinski definition) is 1. The van der Waals surface area contributed by atoms with E-state index in [0.717, 1.165) is 32.4 Å². The third-order valence-corrected chi connectivity index (χ3v) is 4.61. The van der Waals surface area contributed by atoms with Crippen LogP contribution in [0.4, 0.5) is 4.39 Å². The van der Waals surface area contributed by atoms with Crippen molar-refractivity contribution >= 4 is 0 Å². The Morgan fingerprint density at radius 1 is 1.14 bits per heavy atom. The van der Waals surface area contributed by atoms with Crippen LogP contribution in [0.3, 0.4) is 0 Å². The van der Waals surface area contributed by atoms with E-state index in [0.29, 0.717) is 0 Å². The minimum absolute atomic E-state index is 0.113. The largest absolute Gasteiger partial charge is 0.316 e. The van der Waals surface area contributed by atoms with E-state index in [1.165, 1.54) is 30.4 Å². The Balaban J connectivity index is 2.90. The molecule has 0 aliphatic heterocycles. The first-order valence-corrected chi connectivity index (χ1v) is 8.52. The van der Waals surface area contributed by atoms with Gasteiger partial charge in [-0.05, 0) is 67.8 Å². The molecule has 120 valence electrons. The summed E-state index contributed by atoms with van der Waals surface area (Å²) in [5.74, 6) is -0.113. The first-order chi connectivity index (χ1) is 10.1. The number of rotatable bonds is 10. The molecule has 0 aliphatic carbocycles. The summed E-state index contributed by atoms with van der Waals surface area (Å²) >= 11 is 0. The van der Waals surface area contributed by atoms with Gasteiger partial charge in [0.25, 0.3) is 0 Å². The summed E-state index contributed by atoms with van der Waals surface area (Å²) < 4.78 is 13.6. The van der Waals surface area contributed by atoms with E-state index >= 15 is 0 Å². The van der Waals surface area contributed by atoms with Gasteiger partial charge in [0.1, 0.15) is 5.82 Å². The van der Waals surface area contributed by atoms with Gasteiger partial charge in [0.2, 0.25) is 0 Å². The molecule has 0 radical (unpaired) electrons. The van der Waals surface area contributed by atoms with Gasteiger partial charge >= 0.3 is 0 Å². The highest BCUT2D eigenvalue weighted by atomic mass is 19.1. The standard InChI is InChI=1S/C19H32FN/c1-5-8-11-19(7-3,15-21-12-6-2)14-17-13-18(20)10-9-16(17)4/h9-10,13,21H,5-8,11-12,14-15H2,1-4H3. The molecule has 0 heterocycles. The highest BCUT2D eigenvalue weighted by molar-refractivity contribution is 5.27. The lowest BCUT2D eigenvalue weighted by Gasteiger charge is -2.34. The van der Waals surface area contributed by atoms with Crippen LogP contribution < -0.4 is 5.32 Å². The van der Waals surface area contributed by atoms with Gasteiger partial charge in [-0.15, -0.1) is 0 Å². The van der Waals surface area contributed by atoms with E-state index in [4.69, 9.17) is 0 Å². The highest BCUT2D eigenvalue weighted by Crippen LogP contribution is 2.33. The molecule has 1 aromatic carbocycles. The van der Waals surface area contributed by atoms with Crippen molar-refractivity contribution in [2.24, 2.45) is 5.41 Å². The lowest BCUT2D eigenvalue weighted by atomic mass is 9.74. The zero-order valence-corrected chi connectivity index (χ0v) is 14.3. The van der Waals surface area contributed by atoms with Crippen LogP contribution in [-0.4, -0.2) is 13.1 Å². The van der Waals surface area contributed by atoms with Crippen molar-refractivity contribution in [1.82, 2.24) is 5.32 Å². The molecule has 0 saturated heterocycles. The predicted molar refractivity (Wildman–Crippen MR) is 90.3 cm³/mol. The first kappa shape index (κ1) is 18.2. The van der Waals surface area contributed by atoms with Crippen LogP contribution in [0.1, 0.15) is 64.0 Å². The monoisotopic (exact) mass is 293 g/mol. The van der Waals surface area contributed by atoms with Crippen LogP contribution in [0.15, 0.2) is 18.2 Å². The van der Waals surface area contributed by atoms with Crippen LogP contribution in [-0.2, 0) is 6.42 Å².